The first-order chi connectivity index (χ1) is 8.10. The quantitative estimate of drug-likeness (QED) is 0.436. The van der Waals surface area contributed by atoms with Crippen molar-refractivity contribution in [3.63, 3.8) is 0 Å². The average Bonchev–Trinajstić information content (AvgIpc) is 2.34. The lowest BCUT2D eigenvalue weighted by atomic mass is 10.3. The van der Waals surface area contributed by atoms with Crippen LogP contribution in [-0.2, 0) is 0 Å². The number of nitrogens with zero attached hydrogens (tertiary/aromatic N) is 3. The predicted molar refractivity (Wildman–Crippen MR) is 56.8 cm³/mol. The van der Waals surface area contributed by atoms with E-state index in [1.807, 2.05) is 0 Å². The second-order valence-corrected chi connectivity index (χ2v) is 3.05. The van der Waals surface area contributed by atoms with E-state index in [4.69, 9.17) is 14.9 Å². The van der Waals surface area contributed by atoms with Crippen molar-refractivity contribution in [2.24, 2.45) is 0 Å². The second kappa shape index (κ2) is 5.92. The van der Waals surface area contributed by atoms with Gasteiger partial charge in [0.15, 0.2) is 0 Å². The number of ether oxygens (including phenoxy) is 1. The second-order valence-electron chi connectivity index (χ2n) is 3.05. The molecule has 1 atom stereocenters. The first-order valence-electron chi connectivity index (χ1n) is 4.66. The monoisotopic (exact) mass is 244 g/mol. The Kier molecular flexibility index (Phi) is 4.55. The molecule has 0 saturated heterocycles. The lowest BCUT2D eigenvalue weighted by molar-refractivity contribution is -0.385. The van der Waals surface area contributed by atoms with Crippen molar-refractivity contribution in [2.75, 3.05) is 25.6 Å². The number of methoxy groups -OCH3 is 1. The number of nitrogens with one attached hydrogen (secondary N) is 1. The number of nitro groups is 1. The molecule has 1 aromatic heterocycles. The van der Waals surface area contributed by atoms with Gasteiger partial charge in [0.25, 0.3) is 5.88 Å². The molecular weight excluding hydrogens is 232 g/mol. The zero-order valence-corrected chi connectivity index (χ0v) is 9.03. The van der Waals surface area contributed by atoms with Crippen LogP contribution in [-0.4, -0.2) is 51.5 Å². The van der Waals surface area contributed by atoms with Gasteiger partial charge in [0.2, 0.25) is 5.82 Å². The summed E-state index contributed by atoms with van der Waals surface area (Å²) in [7, 11) is 1.25. The molecule has 1 heterocycles. The summed E-state index contributed by atoms with van der Waals surface area (Å²) in [5, 5.41) is 31.1. The Bertz CT molecular complexity index is 400. The molecule has 0 fully saturated rings. The van der Waals surface area contributed by atoms with Gasteiger partial charge in [-0.25, -0.2) is 4.98 Å². The van der Waals surface area contributed by atoms with Gasteiger partial charge in [-0.2, -0.15) is 4.98 Å². The molecule has 0 aromatic carbocycles. The van der Waals surface area contributed by atoms with Gasteiger partial charge >= 0.3 is 5.69 Å². The standard InChI is InChI=1S/C8H12N4O5/c1-17-8-6(12(15)16)7(10-4-11-8)9-2-5(14)3-13/h4-5,13-14H,2-3H2,1H3,(H,9,10,11). The predicted octanol–water partition coefficient (Wildman–Crippen LogP) is -0.842. The van der Waals surface area contributed by atoms with Crippen LogP contribution in [0.5, 0.6) is 5.88 Å². The van der Waals surface area contributed by atoms with E-state index in [1.165, 1.54) is 7.11 Å². The summed E-state index contributed by atoms with van der Waals surface area (Å²) in [6.07, 6.45) is 0.0648. The molecule has 0 aliphatic rings. The van der Waals surface area contributed by atoms with Crippen LogP contribution >= 0.6 is 0 Å². The van der Waals surface area contributed by atoms with Crippen molar-refractivity contribution in [3.05, 3.63) is 16.4 Å². The van der Waals surface area contributed by atoms with Crippen molar-refractivity contribution in [3.8, 4) is 5.88 Å². The van der Waals surface area contributed by atoms with E-state index in [-0.39, 0.29) is 18.2 Å². The highest BCUT2D eigenvalue weighted by atomic mass is 16.6. The summed E-state index contributed by atoms with van der Waals surface area (Å²) in [4.78, 5) is 17.4. The maximum Gasteiger partial charge on any atom is 0.372 e. The van der Waals surface area contributed by atoms with Crippen LogP contribution in [0.3, 0.4) is 0 Å². The Hall–Kier alpha value is -2.00. The van der Waals surface area contributed by atoms with Crippen LogP contribution in [0, 0.1) is 10.1 Å². The maximum atomic E-state index is 10.8. The van der Waals surface area contributed by atoms with Gasteiger partial charge in [0.05, 0.1) is 24.7 Å². The van der Waals surface area contributed by atoms with E-state index in [0.717, 1.165) is 6.33 Å². The van der Waals surface area contributed by atoms with Crippen molar-refractivity contribution < 1.29 is 19.9 Å². The number of hydrogen-bond acceptors (Lipinski definition) is 8. The van der Waals surface area contributed by atoms with Crippen LogP contribution in [0.4, 0.5) is 11.5 Å². The van der Waals surface area contributed by atoms with E-state index in [2.05, 4.69) is 15.3 Å². The minimum absolute atomic E-state index is 0.0719. The van der Waals surface area contributed by atoms with Crippen molar-refractivity contribution in [1.29, 1.82) is 0 Å². The molecular formula is C8H12N4O5. The molecule has 0 spiro atoms. The van der Waals surface area contributed by atoms with Crippen molar-refractivity contribution >= 4 is 11.5 Å². The molecule has 3 N–H and O–H groups in total. The topological polar surface area (TPSA) is 131 Å². The first-order valence-corrected chi connectivity index (χ1v) is 4.66. The Morgan fingerprint density at radius 1 is 1.65 bits per heavy atom. The fraction of sp³-hybridized carbons (Fsp3) is 0.500. The van der Waals surface area contributed by atoms with E-state index in [9.17, 15) is 10.1 Å². The van der Waals surface area contributed by atoms with Gasteiger partial charge in [-0.1, -0.05) is 0 Å². The van der Waals surface area contributed by atoms with Crippen LogP contribution < -0.4 is 10.1 Å². The lowest BCUT2D eigenvalue weighted by Gasteiger charge is -2.10. The van der Waals surface area contributed by atoms with Gasteiger partial charge in [-0.3, -0.25) is 10.1 Å². The Morgan fingerprint density at radius 2 is 2.35 bits per heavy atom. The summed E-state index contributed by atoms with van der Waals surface area (Å²) in [6, 6.07) is 0. The molecule has 0 amide bonds. The lowest BCUT2D eigenvalue weighted by Crippen LogP contribution is -2.23. The molecule has 0 bridgehead atoms. The van der Waals surface area contributed by atoms with Crippen LogP contribution in [0.25, 0.3) is 0 Å². The summed E-state index contributed by atoms with van der Waals surface area (Å²) >= 11 is 0. The Labute approximate surface area is 96.2 Å². The molecule has 1 aromatic rings. The molecule has 9 nitrogen and oxygen atoms in total. The highest BCUT2D eigenvalue weighted by molar-refractivity contribution is 5.61. The number of rotatable bonds is 6. The van der Waals surface area contributed by atoms with Crippen molar-refractivity contribution in [1.82, 2.24) is 9.97 Å². The fourth-order valence-corrected chi connectivity index (χ4v) is 1.08. The summed E-state index contributed by atoms with van der Waals surface area (Å²) in [5.41, 5.74) is -0.417. The summed E-state index contributed by atoms with van der Waals surface area (Å²) < 4.78 is 4.74. The largest absolute Gasteiger partial charge is 0.476 e. The minimum atomic E-state index is -1.03. The zero-order valence-electron chi connectivity index (χ0n) is 9.03. The molecule has 9 heteroatoms. The molecule has 0 aliphatic carbocycles. The number of aromatic nitrogens is 2. The van der Waals surface area contributed by atoms with Gasteiger partial charge in [-0.15, -0.1) is 0 Å². The SMILES string of the molecule is COc1ncnc(NCC(O)CO)c1[N+](=O)[O-]. The van der Waals surface area contributed by atoms with E-state index in [1.54, 1.807) is 0 Å². The molecule has 1 rings (SSSR count). The van der Waals surface area contributed by atoms with Gasteiger partial charge in [0.1, 0.15) is 6.33 Å². The molecule has 94 valence electrons. The van der Waals surface area contributed by atoms with Gasteiger partial charge in [0, 0.05) is 6.54 Å². The van der Waals surface area contributed by atoms with Gasteiger partial charge < -0.3 is 20.3 Å². The van der Waals surface area contributed by atoms with Gasteiger partial charge in [-0.05, 0) is 0 Å². The van der Waals surface area contributed by atoms with Crippen LogP contribution in [0.1, 0.15) is 0 Å². The number of aliphatic hydroxyl groups is 2. The molecule has 0 aliphatic heterocycles. The minimum Gasteiger partial charge on any atom is -0.476 e. The average molecular weight is 244 g/mol. The zero-order chi connectivity index (χ0) is 12.8. The molecule has 17 heavy (non-hydrogen) atoms. The Morgan fingerprint density at radius 3 is 2.88 bits per heavy atom. The number of hydrogen-bond donors (Lipinski definition) is 3. The maximum absolute atomic E-state index is 10.8. The summed E-state index contributed by atoms with van der Waals surface area (Å²) in [5.74, 6) is -0.250. The molecule has 0 radical (unpaired) electrons. The fourth-order valence-electron chi connectivity index (χ4n) is 1.08. The van der Waals surface area contributed by atoms with Crippen LogP contribution in [0.2, 0.25) is 0 Å². The molecule has 0 saturated carbocycles. The number of aliphatic hydroxyl groups excluding tert-OH is 2. The third kappa shape index (κ3) is 3.23. The van der Waals surface area contributed by atoms with E-state index < -0.39 is 23.3 Å². The highest BCUT2D eigenvalue weighted by Crippen LogP contribution is 2.30. The van der Waals surface area contributed by atoms with Crippen LogP contribution in [0.15, 0.2) is 6.33 Å². The number of anilines is 1. The first kappa shape index (κ1) is 13.1. The van der Waals surface area contributed by atoms with E-state index in [0.29, 0.717) is 0 Å². The summed E-state index contributed by atoms with van der Waals surface area (Å²) in [6.45, 7) is -0.527. The third-order valence-corrected chi connectivity index (χ3v) is 1.88. The normalized spacial score (nSPS) is 11.9. The third-order valence-electron chi connectivity index (χ3n) is 1.88. The molecule has 1 unspecified atom stereocenters. The van der Waals surface area contributed by atoms with E-state index >= 15 is 0 Å². The smallest absolute Gasteiger partial charge is 0.372 e. The van der Waals surface area contributed by atoms with Crippen molar-refractivity contribution in [2.45, 2.75) is 6.10 Å². The Balaban J connectivity index is 2.94. The highest BCUT2D eigenvalue weighted by Gasteiger charge is 2.23.